The third kappa shape index (κ3) is 2.00. The standard InChI is InChI=1S/C9H15NO3/c11-9(12)8(7-1-2-7)10-3-5-13-6-4-10/h7-8H,1-6H2,(H,11,12)/t8-/m1/s1. The zero-order valence-electron chi connectivity index (χ0n) is 7.61. The first kappa shape index (κ1) is 8.97. The first-order valence-electron chi connectivity index (χ1n) is 4.83. The number of morpholine rings is 1. The van der Waals surface area contributed by atoms with Crippen LogP contribution in [0.1, 0.15) is 12.8 Å². The van der Waals surface area contributed by atoms with E-state index in [4.69, 9.17) is 9.84 Å². The van der Waals surface area contributed by atoms with Gasteiger partial charge in [0.15, 0.2) is 0 Å². The summed E-state index contributed by atoms with van der Waals surface area (Å²) in [6, 6.07) is -0.246. The minimum absolute atomic E-state index is 0.246. The molecular weight excluding hydrogens is 170 g/mol. The summed E-state index contributed by atoms with van der Waals surface area (Å²) >= 11 is 0. The van der Waals surface area contributed by atoms with Gasteiger partial charge in [-0.3, -0.25) is 9.69 Å². The maximum absolute atomic E-state index is 11.0. The molecule has 0 aromatic heterocycles. The van der Waals surface area contributed by atoms with Crippen LogP contribution < -0.4 is 0 Å². The number of hydrogen-bond acceptors (Lipinski definition) is 3. The number of nitrogens with zero attached hydrogens (tertiary/aromatic N) is 1. The van der Waals surface area contributed by atoms with E-state index in [9.17, 15) is 4.79 Å². The van der Waals surface area contributed by atoms with Gasteiger partial charge in [-0.15, -0.1) is 0 Å². The second-order valence-corrected chi connectivity index (χ2v) is 3.77. The molecule has 0 radical (unpaired) electrons. The molecule has 1 N–H and O–H groups in total. The molecule has 74 valence electrons. The van der Waals surface area contributed by atoms with Crippen molar-refractivity contribution in [2.75, 3.05) is 26.3 Å². The van der Waals surface area contributed by atoms with E-state index in [0.29, 0.717) is 19.1 Å². The Morgan fingerprint density at radius 1 is 1.38 bits per heavy atom. The molecule has 1 atom stereocenters. The van der Waals surface area contributed by atoms with Crippen molar-refractivity contribution in [1.82, 2.24) is 4.90 Å². The fourth-order valence-corrected chi connectivity index (χ4v) is 1.92. The molecule has 1 aliphatic heterocycles. The van der Waals surface area contributed by atoms with Crippen molar-refractivity contribution in [2.24, 2.45) is 5.92 Å². The first-order valence-corrected chi connectivity index (χ1v) is 4.83. The van der Waals surface area contributed by atoms with Crippen LogP contribution in [0, 0.1) is 5.92 Å². The minimum Gasteiger partial charge on any atom is -0.480 e. The third-order valence-electron chi connectivity index (χ3n) is 2.76. The van der Waals surface area contributed by atoms with Crippen molar-refractivity contribution in [2.45, 2.75) is 18.9 Å². The highest BCUT2D eigenvalue weighted by molar-refractivity contribution is 5.74. The normalized spacial score (nSPS) is 27.1. The van der Waals surface area contributed by atoms with Crippen LogP contribution >= 0.6 is 0 Å². The summed E-state index contributed by atoms with van der Waals surface area (Å²) in [7, 11) is 0. The number of ether oxygens (including phenoxy) is 1. The molecule has 0 aromatic rings. The van der Waals surface area contributed by atoms with Gasteiger partial charge >= 0.3 is 5.97 Å². The summed E-state index contributed by atoms with van der Waals surface area (Å²) in [6.07, 6.45) is 2.16. The van der Waals surface area contributed by atoms with Crippen LogP contribution in [0.15, 0.2) is 0 Å². The predicted octanol–water partition coefficient (Wildman–Crippen LogP) is 0.182. The number of rotatable bonds is 3. The zero-order valence-corrected chi connectivity index (χ0v) is 7.61. The van der Waals surface area contributed by atoms with Crippen LogP contribution in [0.5, 0.6) is 0 Å². The average molecular weight is 185 g/mol. The lowest BCUT2D eigenvalue weighted by Crippen LogP contribution is -2.48. The molecule has 4 heteroatoms. The molecule has 1 saturated heterocycles. The maximum atomic E-state index is 11.0. The molecule has 13 heavy (non-hydrogen) atoms. The zero-order chi connectivity index (χ0) is 9.26. The van der Waals surface area contributed by atoms with Crippen molar-refractivity contribution in [3.63, 3.8) is 0 Å². The monoisotopic (exact) mass is 185 g/mol. The number of carboxylic acids is 1. The van der Waals surface area contributed by atoms with Crippen molar-refractivity contribution in [1.29, 1.82) is 0 Å². The van der Waals surface area contributed by atoms with E-state index >= 15 is 0 Å². The van der Waals surface area contributed by atoms with Crippen molar-refractivity contribution in [3.05, 3.63) is 0 Å². The molecule has 1 saturated carbocycles. The van der Waals surface area contributed by atoms with Gasteiger partial charge in [-0.25, -0.2) is 0 Å². The average Bonchev–Trinajstić information content (AvgIpc) is 2.90. The number of carbonyl (C=O) groups is 1. The maximum Gasteiger partial charge on any atom is 0.321 e. The van der Waals surface area contributed by atoms with Gasteiger partial charge < -0.3 is 9.84 Å². The van der Waals surface area contributed by atoms with E-state index < -0.39 is 5.97 Å². The summed E-state index contributed by atoms with van der Waals surface area (Å²) in [5.74, 6) is -0.264. The predicted molar refractivity (Wildman–Crippen MR) is 46.5 cm³/mol. The van der Waals surface area contributed by atoms with Crippen molar-refractivity contribution in [3.8, 4) is 0 Å². The Kier molecular flexibility index (Phi) is 2.51. The number of aliphatic carboxylic acids is 1. The van der Waals surface area contributed by atoms with Gasteiger partial charge in [-0.2, -0.15) is 0 Å². The molecule has 1 aliphatic carbocycles. The lowest BCUT2D eigenvalue weighted by molar-refractivity contribution is -0.146. The van der Waals surface area contributed by atoms with Crippen LogP contribution in [-0.4, -0.2) is 48.3 Å². The van der Waals surface area contributed by atoms with Gasteiger partial charge in [0.2, 0.25) is 0 Å². The second kappa shape index (κ2) is 3.64. The Balaban J connectivity index is 1.96. The van der Waals surface area contributed by atoms with Gasteiger partial charge in [-0.05, 0) is 18.8 Å². The Morgan fingerprint density at radius 2 is 2.00 bits per heavy atom. The smallest absolute Gasteiger partial charge is 0.321 e. The lowest BCUT2D eigenvalue weighted by Gasteiger charge is -2.31. The molecule has 0 spiro atoms. The highest BCUT2D eigenvalue weighted by atomic mass is 16.5. The molecular formula is C9H15NO3. The molecule has 2 rings (SSSR count). The minimum atomic E-state index is -0.663. The summed E-state index contributed by atoms with van der Waals surface area (Å²) in [6.45, 7) is 2.90. The highest BCUT2D eigenvalue weighted by Crippen LogP contribution is 2.35. The molecule has 4 nitrogen and oxygen atoms in total. The van der Waals surface area contributed by atoms with Crippen LogP contribution in [0.25, 0.3) is 0 Å². The van der Waals surface area contributed by atoms with Crippen LogP contribution in [0.4, 0.5) is 0 Å². The summed E-state index contributed by atoms with van der Waals surface area (Å²) in [5, 5.41) is 9.05. The van der Waals surface area contributed by atoms with Crippen LogP contribution in [-0.2, 0) is 9.53 Å². The number of carboxylic acid groups (broad SMARTS) is 1. The van der Waals surface area contributed by atoms with Gasteiger partial charge in [-0.1, -0.05) is 0 Å². The van der Waals surface area contributed by atoms with E-state index in [-0.39, 0.29) is 6.04 Å². The third-order valence-corrected chi connectivity index (χ3v) is 2.76. The Bertz CT molecular complexity index is 197. The van der Waals surface area contributed by atoms with E-state index in [0.717, 1.165) is 25.9 Å². The summed E-state index contributed by atoms with van der Waals surface area (Å²) in [4.78, 5) is 13.0. The fourth-order valence-electron chi connectivity index (χ4n) is 1.92. The Morgan fingerprint density at radius 3 is 2.46 bits per heavy atom. The molecule has 1 heterocycles. The first-order chi connectivity index (χ1) is 6.29. The van der Waals surface area contributed by atoms with Crippen molar-refractivity contribution < 1.29 is 14.6 Å². The Labute approximate surface area is 77.5 Å². The molecule has 0 amide bonds. The molecule has 2 fully saturated rings. The second-order valence-electron chi connectivity index (χ2n) is 3.77. The van der Waals surface area contributed by atoms with Gasteiger partial charge in [0.05, 0.1) is 13.2 Å². The molecule has 0 aromatic carbocycles. The topological polar surface area (TPSA) is 49.8 Å². The SMILES string of the molecule is O=C(O)[C@@H](C1CC1)N1CCOCC1. The Hall–Kier alpha value is -0.610. The van der Waals surface area contributed by atoms with Gasteiger partial charge in [0.25, 0.3) is 0 Å². The van der Waals surface area contributed by atoms with Crippen LogP contribution in [0.3, 0.4) is 0 Å². The quantitative estimate of drug-likeness (QED) is 0.681. The summed E-state index contributed by atoms with van der Waals surface area (Å²) in [5.41, 5.74) is 0. The number of hydrogen-bond donors (Lipinski definition) is 1. The van der Waals surface area contributed by atoms with E-state index in [1.165, 1.54) is 0 Å². The van der Waals surface area contributed by atoms with Gasteiger partial charge in [0, 0.05) is 13.1 Å². The molecule has 0 bridgehead atoms. The molecule has 0 unspecified atom stereocenters. The summed E-state index contributed by atoms with van der Waals surface area (Å²) < 4.78 is 5.20. The fraction of sp³-hybridized carbons (Fsp3) is 0.889. The van der Waals surface area contributed by atoms with E-state index in [1.807, 2.05) is 4.90 Å². The van der Waals surface area contributed by atoms with Gasteiger partial charge in [0.1, 0.15) is 6.04 Å². The van der Waals surface area contributed by atoms with E-state index in [1.54, 1.807) is 0 Å². The van der Waals surface area contributed by atoms with Crippen LogP contribution in [0.2, 0.25) is 0 Å². The lowest BCUT2D eigenvalue weighted by atomic mass is 10.1. The van der Waals surface area contributed by atoms with Crippen molar-refractivity contribution >= 4 is 5.97 Å². The highest BCUT2D eigenvalue weighted by Gasteiger charge is 2.40. The molecule has 2 aliphatic rings. The largest absolute Gasteiger partial charge is 0.480 e. The van der Waals surface area contributed by atoms with E-state index in [2.05, 4.69) is 0 Å².